The van der Waals surface area contributed by atoms with Crippen molar-refractivity contribution >= 4 is 23.6 Å². The Balaban J connectivity index is 1.73. The molecule has 0 bridgehead atoms. The molecule has 0 spiro atoms. The summed E-state index contributed by atoms with van der Waals surface area (Å²) >= 11 is 0. The first-order chi connectivity index (χ1) is 10.2. The zero-order valence-electron chi connectivity index (χ0n) is 12.0. The van der Waals surface area contributed by atoms with Gasteiger partial charge in [0.2, 0.25) is 5.91 Å². The number of hydrogen-bond donors (Lipinski definition) is 2. The van der Waals surface area contributed by atoms with Crippen LogP contribution in [-0.2, 0) is 16.1 Å². The summed E-state index contributed by atoms with van der Waals surface area (Å²) in [5, 5.41) is 9.37. The second-order valence-electron chi connectivity index (χ2n) is 5.19. The number of carbonyl (C=O) groups is 2. The van der Waals surface area contributed by atoms with E-state index in [1.807, 2.05) is 0 Å². The molecule has 0 saturated carbocycles. The Bertz CT molecular complexity index is 550. The lowest BCUT2D eigenvalue weighted by Crippen LogP contribution is -2.37. The molecule has 3 amide bonds. The number of fused-ring (bicyclic) bond motifs is 1. The number of amides is 3. The van der Waals surface area contributed by atoms with Crippen LogP contribution in [0.5, 0.6) is 0 Å². The molecule has 1 aromatic heterocycles. The maximum Gasteiger partial charge on any atom is 0.320 e. The number of anilines is 2. The minimum absolute atomic E-state index is 0.0237. The van der Waals surface area contributed by atoms with Crippen LogP contribution in [0, 0.1) is 5.92 Å². The van der Waals surface area contributed by atoms with Gasteiger partial charge in [0.05, 0.1) is 6.54 Å². The normalized spacial score (nSPS) is 18.4. The van der Waals surface area contributed by atoms with Gasteiger partial charge in [0.25, 0.3) is 0 Å². The molecule has 0 aliphatic carbocycles. The highest BCUT2D eigenvalue weighted by Crippen LogP contribution is 2.28. The molecule has 3 heterocycles. The predicted molar refractivity (Wildman–Crippen MR) is 76.2 cm³/mol. The third-order valence-electron chi connectivity index (χ3n) is 3.88. The Morgan fingerprint density at radius 2 is 2.10 bits per heavy atom. The first kappa shape index (κ1) is 13.9. The van der Waals surface area contributed by atoms with Gasteiger partial charge < -0.3 is 10.1 Å². The van der Waals surface area contributed by atoms with Crippen molar-refractivity contribution in [1.29, 1.82) is 0 Å². The smallest absolute Gasteiger partial charge is 0.320 e. The van der Waals surface area contributed by atoms with Crippen molar-refractivity contribution in [2.75, 3.05) is 37.0 Å². The molecule has 0 radical (unpaired) electrons. The van der Waals surface area contributed by atoms with Gasteiger partial charge in [-0.1, -0.05) is 0 Å². The van der Waals surface area contributed by atoms with Gasteiger partial charge in [0.15, 0.2) is 5.82 Å². The fraction of sp³-hybridized carbons (Fsp3) is 0.615. The molecule has 8 nitrogen and oxygen atoms in total. The van der Waals surface area contributed by atoms with Crippen LogP contribution in [0.4, 0.5) is 16.4 Å². The lowest BCUT2D eigenvalue weighted by atomic mass is 9.99. The van der Waals surface area contributed by atoms with E-state index in [1.165, 1.54) is 0 Å². The summed E-state index contributed by atoms with van der Waals surface area (Å²) in [4.78, 5) is 25.6. The Labute approximate surface area is 122 Å². The Morgan fingerprint density at radius 1 is 1.33 bits per heavy atom. The molecule has 1 fully saturated rings. The molecule has 0 atom stereocenters. The molecular weight excluding hydrogens is 274 g/mol. The number of nitrogens with zero attached hydrogens (tertiary/aromatic N) is 3. The molecule has 3 rings (SSSR count). The van der Waals surface area contributed by atoms with Gasteiger partial charge in [-0.3, -0.25) is 15.0 Å². The largest absolute Gasteiger partial charge is 0.381 e. The fourth-order valence-corrected chi connectivity index (χ4v) is 2.73. The zero-order valence-corrected chi connectivity index (χ0v) is 12.0. The van der Waals surface area contributed by atoms with Crippen LogP contribution >= 0.6 is 0 Å². The van der Waals surface area contributed by atoms with E-state index >= 15 is 0 Å². The Hall–Kier alpha value is -2.09. The van der Waals surface area contributed by atoms with Crippen LogP contribution in [-0.4, -0.2) is 48.5 Å². The van der Waals surface area contributed by atoms with Gasteiger partial charge in [-0.2, -0.15) is 5.10 Å². The molecule has 1 aromatic rings. The molecule has 0 aromatic carbocycles. The summed E-state index contributed by atoms with van der Waals surface area (Å²) in [6.07, 6.45) is 1.54. The molecule has 2 N–H and O–H groups in total. The van der Waals surface area contributed by atoms with Gasteiger partial charge >= 0.3 is 6.03 Å². The monoisotopic (exact) mass is 293 g/mol. The standard InChI is InChI=1S/C13H19N5O3/c1-14-13(20)15-10-8-11-17(4-5-18(11)16-10)12(19)9-2-6-21-7-3-9/h8-9H,2-7H2,1H3,(H2,14,15,16,20). The Morgan fingerprint density at radius 3 is 2.81 bits per heavy atom. The summed E-state index contributed by atoms with van der Waals surface area (Å²) in [5.41, 5.74) is 0. The number of hydrogen-bond acceptors (Lipinski definition) is 4. The van der Waals surface area contributed by atoms with Gasteiger partial charge in [-0.15, -0.1) is 0 Å². The van der Waals surface area contributed by atoms with Crippen molar-refractivity contribution in [3.63, 3.8) is 0 Å². The third-order valence-corrected chi connectivity index (χ3v) is 3.88. The van der Waals surface area contributed by atoms with Crippen LogP contribution in [0.25, 0.3) is 0 Å². The van der Waals surface area contributed by atoms with Crippen LogP contribution in [0.3, 0.4) is 0 Å². The molecule has 8 heteroatoms. The summed E-state index contributed by atoms with van der Waals surface area (Å²) in [5.74, 6) is 1.35. The second kappa shape index (κ2) is 5.72. The van der Waals surface area contributed by atoms with E-state index in [9.17, 15) is 9.59 Å². The van der Waals surface area contributed by atoms with Gasteiger partial charge in [0.1, 0.15) is 5.82 Å². The molecule has 21 heavy (non-hydrogen) atoms. The van der Waals surface area contributed by atoms with E-state index in [0.717, 1.165) is 18.7 Å². The van der Waals surface area contributed by atoms with Crippen LogP contribution in [0.15, 0.2) is 6.07 Å². The lowest BCUT2D eigenvalue weighted by Gasteiger charge is -2.25. The highest BCUT2D eigenvalue weighted by molar-refractivity contribution is 5.96. The summed E-state index contributed by atoms with van der Waals surface area (Å²) in [7, 11) is 1.54. The molecule has 2 aliphatic rings. The van der Waals surface area contributed by atoms with Crippen molar-refractivity contribution in [2.45, 2.75) is 19.4 Å². The highest BCUT2D eigenvalue weighted by Gasteiger charge is 2.32. The van der Waals surface area contributed by atoms with Crippen molar-refractivity contribution in [3.8, 4) is 0 Å². The number of urea groups is 1. The number of aromatic nitrogens is 2. The van der Waals surface area contributed by atoms with Crippen LogP contribution in [0.1, 0.15) is 12.8 Å². The van der Waals surface area contributed by atoms with Crippen molar-refractivity contribution in [1.82, 2.24) is 15.1 Å². The fourth-order valence-electron chi connectivity index (χ4n) is 2.73. The van der Waals surface area contributed by atoms with Crippen molar-refractivity contribution in [3.05, 3.63) is 6.07 Å². The molecular formula is C13H19N5O3. The highest BCUT2D eigenvalue weighted by atomic mass is 16.5. The minimum atomic E-state index is -0.325. The summed E-state index contributed by atoms with van der Waals surface area (Å²) < 4.78 is 7.05. The average molecular weight is 293 g/mol. The maximum atomic E-state index is 12.6. The summed E-state index contributed by atoms with van der Waals surface area (Å²) in [6.45, 7) is 2.58. The number of carbonyl (C=O) groups excluding carboxylic acids is 2. The van der Waals surface area contributed by atoms with Crippen LogP contribution < -0.4 is 15.5 Å². The maximum absolute atomic E-state index is 12.6. The molecule has 2 aliphatic heterocycles. The third kappa shape index (κ3) is 2.71. The molecule has 1 saturated heterocycles. The van der Waals surface area contributed by atoms with Crippen molar-refractivity contribution in [2.24, 2.45) is 5.92 Å². The van der Waals surface area contributed by atoms with Gasteiger partial charge in [0, 0.05) is 38.8 Å². The number of nitrogens with one attached hydrogen (secondary N) is 2. The average Bonchev–Trinajstić information content (AvgIpc) is 3.07. The topological polar surface area (TPSA) is 88.5 Å². The second-order valence-corrected chi connectivity index (χ2v) is 5.19. The Kier molecular flexibility index (Phi) is 3.78. The van der Waals surface area contributed by atoms with E-state index in [-0.39, 0.29) is 17.9 Å². The number of ether oxygens (including phenoxy) is 1. The van der Waals surface area contributed by atoms with E-state index in [2.05, 4.69) is 15.7 Å². The lowest BCUT2D eigenvalue weighted by molar-refractivity contribution is -0.125. The predicted octanol–water partition coefficient (Wildman–Crippen LogP) is 0.408. The minimum Gasteiger partial charge on any atom is -0.381 e. The van der Waals surface area contributed by atoms with E-state index in [0.29, 0.717) is 32.1 Å². The summed E-state index contributed by atoms with van der Waals surface area (Å²) in [6, 6.07) is 1.41. The first-order valence-electron chi connectivity index (χ1n) is 7.15. The van der Waals surface area contributed by atoms with Gasteiger partial charge in [-0.25, -0.2) is 9.48 Å². The van der Waals surface area contributed by atoms with E-state index in [4.69, 9.17) is 4.74 Å². The van der Waals surface area contributed by atoms with E-state index < -0.39 is 0 Å². The molecule has 0 unspecified atom stereocenters. The number of rotatable bonds is 2. The van der Waals surface area contributed by atoms with E-state index in [1.54, 1.807) is 22.7 Å². The zero-order chi connectivity index (χ0) is 14.8. The van der Waals surface area contributed by atoms with Gasteiger partial charge in [-0.05, 0) is 12.8 Å². The molecule has 114 valence electrons. The van der Waals surface area contributed by atoms with Crippen LogP contribution in [0.2, 0.25) is 0 Å². The van der Waals surface area contributed by atoms with Crippen molar-refractivity contribution < 1.29 is 14.3 Å². The first-order valence-corrected chi connectivity index (χ1v) is 7.15. The SMILES string of the molecule is CNC(=O)Nc1cc2n(n1)CCN2C(=O)C1CCOCC1. The quantitative estimate of drug-likeness (QED) is 0.826.